The van der Waals surface area contributed by atoms with E-state index >= 15 is 0 Å². The van der Waals surface area contributed by atoms with Crippen molar-refractivity contribution in [3.05, 3.63) is 40.9 Å². The lowest BCUT2D eigenvalue weighted by atomic mass is 9.78. The number of rotatable bonds is 7. The van der Waals surface area contributed by atoms with Gasteiger partial charge in [-0.15, -0.1) is 0 Å². The maximum atomic E-state index is 11.4. The summed E-state index contributed by atoms with van der Waals surface area (Å²) in [6.07, 6.45) is 1.45. The smallest absolute Gasteiger partial charge is 0.481 e. The van der Waals surface area contributed by atoms with Crippen molar-refractivity contribution in [3.63, 3.8) is 0 Å². The summed E-state index contributed by atoms with van der Waals surface area (Å²) in [7, 11) is 1.05. The molecule has 33 heavy (non-hydrogen) atoms. The van der Waals surface area contributed by atoms with Gasteiger partial charge in [-0.05, 0) is 40.2 Å². The fourth-order valence-corrected chi connectivity index (χ4v) is 4.35. The number of ether oxygens (including phenoxy) is 1. The van der Waals surface area contributed by atoms with Gasteiger partial charge in [0.25, 0.3) is 0 Å². The number of hydrogen-bond acceptors (Lipinski definition) is 6. The molecule has 0 bridgehead atoms. The maximum Gasteiger partial charge on any atom is 0.496 e. The van der Waals surface area contributed by atoms with Gasteiger partial charge in [0.1, 0.15) is 0 Å². The van der Waals surface area contributed by atoms with Gasteiger partial charge >= 0.3 is 7.12 Å². The Bertz CT molecular complexity index is 1030. The highest BCUT2D eigenvalue weighted by Gasteiger charge is 2.52. The summed E-state index contributed by atoms with van der Waals surface area (Å²) in [4.78, 5) is 16.1. The molecule has 2 aromatic rings. The van der Waals surface area contributed by atoms with Crippen molar-refractivity contribution in [2.45, 2.75) is 64.3 Å². The minimum atomic E-state index is -0.552. The van der Waals surface area contributed by atoms with Crippen molar-refractivity contribution in [2.24, 2.45) is 0 Å². The van der Waals surface area contributed by atoms with Crippen LogP contribution < -0.4 is 20.8 Å². The Hall–Kier alpha value is -2.13. The first-order chi connectivity index (χ1) is 15.6. The number of halogens is 1. The van der Waals surface area contributed by atoms with E-state index in [-0.39, 0.29) is 11.9 Å². The summed E-state index contributed by atoms with van der Waals surface area (Å²) >= 11 is 6.83. The predicted molar refractivity (Wildman–Crippen MR) is 130 cm³/mol. The van der Waals surface area contributed by atoms with E-state index < -0.39 is 18.3 Å². The third kappa shape index (κ3) is 4.89. The summed E-state index contributed by atoms with van der Waals surface area (Å²) in [6.45, 7) is 9.37. The zero-order chi connectivity index (χ0) is 23.8. The molecule has 0 spiro atoms. The molecule has 0 radical (unpaired) electrons. The molecular formula is C24H31BClN3O4. The van der Waals surface area contributed by atoms with E-state index in [2.05, 4.69) is 10.6 Å². The number of carbonyl (C=O) groups is 1. The molecule has 176 valence electrons. The largest absolute Gasteiger partial charge is 0.496 e. The van der Waals surface area contributed by atoms with Crippen molar-refractivity contribution < 1.29 is 18.8 Å². The SMILES string of the molecule is COc1nc(-c2cccc(B3OC(C)(C)C(C)(C)O3)c2Cl)ccc1CNC[C@H]1CCC(=O)N1. The number of nitrogens with one attached hydrogen (secondary N) is 2. The summed E-state index contributed by atoms with van der Waals surface area (Å²) < 4.78 is 17.9. The third-order valence-corrected chi connectivity index (χ3v) is 7.16. The number of nitrogens with zero attached hydrogens (tertiary/aromatic N) is 1. The first-order valence-electron chi connectivity index (χ1n) is 11.3. The quantitative estimate of drug-likeness (QED) is 0.604. The second kappa shape index (κ2) is 9.26. The molecule has 1 aromatic carbocycles. The van der Waals surface area contributed by atoms with Crippen LogP contribution in [0.3, 0.4) is 0 Å². The first kappa shape index (κ1) is 24.0. The molecule has 0 aliphatic carbocycles. The minimum Gasteiger partial charge on any atom is -0.481 e. The van der Waals surface area contributed by atoms with Crippen molar-refractivity contribution in [3.8, 4) is 17.1 Å². The second-order valence-corrected chi connectivity index (χ2v) is 9.97. The lowest BCUT2D eigenvalue weighted by Gasteiger charge is -2.32. The van der Waals surface area contributed by atoms with E-state index in [1.807, 2.05) is 58.0 Å². The summed E-state index contributed by atoms with van der Waals surface area (Å²) in [5, 5.41) is 6.89. The fourth-order valence-electron chi connectivity index (χ4n) is 4.04. The molecule has 2 N–H and O–H groups in total. The third-order valence-electron chi connectivity index (χ3n) is 6.74. The maximum absolute atomic E-state index is 11.4. The number of amides is 1. The van der Waals surface area contributed by atoms with Gasteiger partial charge in [0.05, 0.1) is 24.0 Å². The highest BCUT2D eigenvalue weighted by molar-refractivity contribution is 6.66. The molecule has 2 saturated heterocycles. The lowest BCUT2D eigenvalue weighted by Crippen LogP contribution is -2.41. The van der Waals surface area contributed by atoms with Crippen LogP contribution in [0.4, 0.5) is 0 Å². The molecule has 2 fully saturated rings. The van der Waals surface area contributed by atoms with Crippen LogP contribution in [0.2, 0.25) is 5.02 Å². The normalized spacial score (nSPS) is 21.3. The van der Waals surface area contributed by atoms with Gasteiger partial charge < -0.3 is 24.7 Å². The monoisotopic (exact) mass is 471 g/mol. The van der Waals surface area contributed by atoms with Crippen LogP contribution in [0.25, 0.3) is 11.3 Å². The minimum absolute atomic E-state index is 0.116. The van der Waals surface area contributed by atoms with Crippen LogP contribution in [0.5, 0.6) is 5.88 Å². The van der Waals surface area contributed by atoms with Crippen LogP contribution in [-0.4, -0.2) is 48.9 Å². The molecule has 3 heterocycles. The number of methoxy groups -OCH3 is 1. The molecule has 0 unspecified atom stereocenters. The molecule has 9 heteroatoms. The van der Waals surface area contributed by atoms with Gasteiger partial charge in [-0.1, -0.05) is 35.9 Å². The van der Waals surface area contributed by atoms with Gasteiger partial charge in [0.15, 0.2) is 0 Å². The van der Waals surface area contributed by atoms with Gasteiger partial charge in [0, 0.05) is 47.2 Å². The van der Waals surface area contributed by atoms with Gasteiger partial charge in [-0.3, -0.25) is 4.79 Å². The Kier molecular flexibility index (Phi) is 6.74. The van der Waals surface area contributed by atoms with E-state index in [1.165, 1.54) is 0 Å². The Morgan fingerprint density at radius 1 is 1.21 bits per heavy atom. The predicted octanol–water partition coefficient (Wildman–Crippen LogP) is 3.08. The number of aromatic nitrogens is 1. The molecule has 1 atom stereocenters. The second-order valence-electron chi connectivity index (χ2n) is 9.60. The summed E-state index contributed by atoms with van der Waals surface area (Å²) in [5.74, 6) is 0.651. The van der Waals surface area contributed by atoms with Crippen molar-refractivity contribution in [2.75, 3.05) is 13.7 Å². The van der Waals surface area contributed by atoms with Gasteiger partial charge in [0.2, 0.25) is 11.8 Å². The van der Waals surface area contributed by atoms with E-state index in [4.69, 9.17) is 30.6 Å². The average Bonchev–Trinajstić information content (AvgIpc) is 3.27. The van der Waals surface area contributed by atoms with Gasteiger partial charge in [-0.25, -0.2) is 4.98 Å². The van der Waals surface area contributed by atoms with Crippen LogP contribution in [0.1, 0.15) is 46.1 Å². The molecular weight excluding hydrogens is 441 g/mol. The Balaban J connectivity index is 1.52. The van der Waals surface area contributed by atoms with Crippen LogP contribution in [-0.2, 0) is 20.6 Å². The molecule has 2 aliphatic rings. The molecule has 4 rings (SSSR count). The molecule has 0 saturated carbocycles. The van der Waals surface area contributed by atoms with Crippen LogP contribution in [0.15, 0.2) is 30.3 Å². The first-order valence-corrected chi connectivity index (χ1v) is 11.7. The Labute approximate surface area is 200 Å². The van der Waals surface area contributed by atoms with Crippen molar-refractivity contribution in [1.29, 1.82) is 0 Å². The van der Waals surface area contributed by atoms with Gasteiger partial charge in [-0.2, -0.15) is 0 Å². The zero-order valence-electron chi connectivity index (χ0n) is 19.8. The van der Waals surface area contributed by atoms with E-state index in [9.17, 15) is 4.79 Å². The van der Waals surface area contributed by atoms with Crippen molar-refractivity contribution in [1.82, 2.24) is 15.6 Å². The van der Waals surface area contributed by atoms with Crippen LogP contribution >= 0.6 is 11.6 Å². The molecule has 1 aromatic heterocycles. The molecule has 1 amide bonds. The highest BCUT2D eigenvalue weighted by atomic mass is 35.5. The summed E-state index contributed by atoms with van der Waals surface area (Å²) in [6, 6.07) is 9.88. The van der Waals surface area contributed by atoms with Crippen LogP contribution in [0, 0.1) is 0 Å². The highest BCUT2D eigenvalue weighted by Crippen LogP contribution is 2.38. The van der Waals surface area contributed by atoms with E-state index in [1.54, 1.807) is 7.11 Å². The Morgan fingerprint density at radius 2 is 1.94 bits per heavy atom. The van der Waals surface area contributed by atoms with E-state index in [0.29, 0.717) is 36.1 Å². The topological polar surface area (TPSA) is 81.7 Å². The molecule has 7 nitrogen and oxygen atoms in total. The standard InChI is InChI=1S/C24H31BClN3O4/c1-23(2)24(3,4)33-25(32-23)18-8-6-7-17(21(18)26)19-11-9-15(22(29-19)31-5)13-27-14-16-10-12-20(30)28-16/h6-9,11,16,27H,10,12-14H2,1-5H3,(H,28,30)/t16-/m1/s1. The number of hydrogen-bond donors (Lipinski definition) is 2. The fraction of sp³-hybridized carbons (Fsp3) is 0.500. The number of carbonyl (C=O) groups excluding carboxylic acids is 1. The molecule has 2 aliphatic heterocycles. The number of benzene rings is 1. The lowest BCUT2D eigenvalue weighted by molar-refractivity contribution is -0.119. The average molecular weight is 472 g/mol. The summed E-state index contributed by atoms with van der Waals surface area (Å²) in [5.41, 5.74) is 2.31. The van der Waals surface area contributed by atoms with E-state index in [0.717, 1.165) is 23.0 Å². The Morgan fingerprint density at radius 3 is 2.58 bits per heavy atom. The zero-order valence-corrected chi connectivity index (χ0v) is 20.6. The number of pyridine rings is 1. The van der Waals surface area contributed by atoms with Crippen molar-refractivity contribution >= 4 is 30.1 Å².